The van der Waals surface area contributed by atoms with Gasteiger partial charge in [0.15, 0.2) is 0 Å². The molecule has 1 aliphatic heterocycles. The van der Waals surface area contributed by atoms with E-state index in [1.807, 2.05) is 42.5 Å². The molecule has 0 aliphatic carbocycles. The highest BCUT2D eigenvalue weighted by Gasteiger charge is 2.32. The number of hydrogen-bond acceptors (Lipinski definition) is 3. The summed E-state index contributed by atoms with van der Waals surface area (Å²) in [6, 6.07) is 18.4. The molecule has 2 atom stereocenters. The van der Waals surface area contributed by atoms with Gasteiger partial charge in [0.1, 0.15) is 5.76 Å². The van der Waals surface area contributed by atoms with Gasteiger partial charge in [0.25, 0.3) is 0 Å². The zero-order valence-electron chi connectivity index (χ0n) is 16.2. The Morgan fingerprint density at radius 3 is 2.48 bits per heavy atom. The first-order chi connectivity index (χ1) is 14.0. The van der Waals surface area contributed by atoms with Gasteiger partial charge in [0.05, 0.1) is 29.6 Å². The fourth-order valence-corrected chi connectivity index (χ4v) is 4.77. The minimum Gasteiger partial charge on any atom is -0.468 e. The smallest absolute Gasteiger partial charge is 0.117 e. The van der Waals surface area contributed by atoms with E-state index in [-0.39, 0.29) is 6.04 Å². The molecule has 2 unspecified atom stereocenters. The van der Waals surface area contributed by atoms with Crippen LogP contribution in [0.1, 0.15) is 30.2 Å². The lowest BCUT2D eigenvalue weighted by molar-refractivity contribution is 0.170. The molecule has 1 saturated heterocycles. The molecule has 3 aromatic rings. The second-order valence-electron chi connectivity index (χ2n) is 7.53. The molecule has 1 fully saturated rings. The first-order valence-corrected chi connectivity index (χ1v) is 10.8. The molecule has 1 aromatic heterocycles. The minimum absolute atomic E-state index is 0.198. The monoisotopic (exact) mass is 448 g/mol. The van der Waals surface area contributed by atoms with Crippen molar-refractivity contribution in [2.75, 3.05) is 18.5 Å². The first-order valence-electron chi connectivity index (χ1n) is 9.71. The third-order valence-electron chi connectivity index (χ3n) is 5.66. The Kier molecular flexibility index (Phi) is 6.41. The van der Waals surface area contributed by atoms with Crippen LogP contribution in [-0.2, 0) is 6.54 Å². The number of nitrogens with zero attached hydrogens (tertiary/aromatic N) is 2. The van der Waals surface area contributed by atoms with E-state index in [9.17, 15) is 0 Å². The summed E-state index contributed by atoms with van der Waals surface area (Å²) in [6.07, 6.45) is 3.75. The molecule has 0 amide bonds. The van der Waals surface area contributed by atoms with Crippen LogP contribution >= 0.6 is 34.8 Å². The van der Waals surface area contributed by atoms with Gasteiger partial charge in [-0.15, -0.1) is 0 Å². The van der Waals surface area contributed by atoms with Crippen LogP contribution in [-0.4, -0.2) is 24.5 Å². The predicted octanol–water partition coefficient (Wildman–Crippen LogP) is 7.08. The van der Waals surface area contributed by atoms with E-state index < -0.39 is 0 Å². The summed E-state index contributed by atoms with van der Waals surface area (Å²) in [4.78, 5) is 4.77. The SMILES string of the molecule is CN(Cc1ccco1)C1CCN(c2ccc(Cl)cc2Cl)C(c2ccc(Cl)cc2)C1. The highest BCUT2D eigenvalue weighted by Crippen LogP contribution is 2.40. The molecule has 0 saturated carbocycles. The Balaban J connectivity index is 1.61. The van der Waals surface area contributed by atoms with Crippen molar-refractivity contribution in [3.05, 3.63) is 87.3 Å². The lowest BCUT2D eigenvalue weighted by Gasteiger charge is -2.44. The predicted molar refractivity (Wildman–Crippen MR) is 121 cm³/mol. The average molecular weight is 450 g/mol. The van der Waals surface area contributed by atoms with Gasteiger partial charge in [-0.1, -0.05) is 46.9 Å². The van der Waals surface area contributed by atoms with E-state index in [4.69, 9.17) is 39.2 Å². The molecular formula is C23H23Cl3N2O. The van der Waals surface area contributed by atoms with E-state index in [0.29, 0.717) is 16.1 Å². The third kappa shape index (κ3) is 4.75. The Hall–Kier alpha value is -1.65. The Morgan fingerprint density at radius 1 is 1.03 bits per heavy atom. The van der Waals surface area contributed by atoms with E-state index >= 15 is 0 Å². The lowest BCUT2D eigenvalue weighted by atomic mass is 9.90. The molecule has 0 radical (unpaired) electrons. The van der Waals surface area contributed by atoms with Crippen LogP contribution in [0, 0.1) is 0 Å². The molecular weight excluding hydrogens is 427 g/mol. The van der Waals surface area contributed by atoms with Gasteiger partial charge >= 0.3 is 0 Å². The van der Waals surface area contributed by atoms with Crippen molar-refractivity contribution in [3.63, 3.8) is 0 Å². The number of hydrogen-bond donors (Lipinski definition) is 0. The zero-order valence-corrected chi connectivity index (χ0v) is 18.5. The molecule has 6 heteroatoms. The maximum absolute atomic E-state index is 6.56. The van der Waals surface area contributed by atoms with Crippen molar-refractivity contribution >= 4 is 40.5 Å². The number of rotatable bonds is 5. The summed E-state index contributed by atoms with van der Waals surface area (Å²) < 4.78 is 5.54. The van der Waals surface area contributed by atoms with Crippen molar-refractivity contribution in [3.8, 4) is 0 Å². The Bertz CT molecular complexity index is 943. The highest BCUT2D eigenvalue weighted by atomic mass is 35.5. The van der Waals surface area contributed by atoms with Crippen LogP contribution in [0.2, 0.25) is 15.1 Å². The summed E-state index contributed by atoms with van der Waals surface area (Å²) in [5.74, 6) is 0.985. The molecule has 0 N–H and O–H groups in total. The molecule has 152 valence electrons. The zero-order chi connectivity index (χ0) is 20.4. The first kappa shape index (κ1) is 20.6. The fraction of sp³-hybridized carbons (Fsp3) is 0.304. The van der Waals surface area contributed by atoms with Crippen molar-refractivity contribution in [1.29, 1.82) is 0 Å². The van der Waals surface area contributed by atoms with Crippen LogP contribution in [0.3, 0.4) is 0 Å². The lowest BCUT2D eigenvalue weighted by Crippen LogP contribution is -2.45. The van der Waals surface area contributed by atoms with Gasteiger partial charge in [-0.05, 0) is 67.9 Å². The van der Waals surface area contributed by atoms with Crippen LogP contribution in [0.4, 0.5) is 5.69 Å². The fourth-order valence-electron chi connectivity index (χ4n) is 4.13. The second kappa shape index (κ2) is 9.01. The Labute approximate surface area is 186 Å². The minimum atomic E-state index is 0.198. The molecule has 1 aliphatic rings. The standard InChI is InChI=1S/C23H23Cl3N2O/c1-27(15-20-3-2-12-29-20)19-10-11-28(22-9-8-18(25)13-21(22)26)23(14-19)16-4-6-17(24)7-5-16/h2-9,12-13,19,23H,10-11,14-15H2,1H3. The van der Waals surface area contributed by atoms with Crippen LogP contribution in [0.15, 0.2) is 65.3 Å². The normalized spacial score (nSPS) is 19.7. The van der Waals surface area contributed by atoms with Crippen molar-refractivity contribution in [1.82, 2.24) is 4.90 Å². The number of furan rings is 1. The van der Waals surface area contributed by atoms with Gasteiger partial charge < -0.3 is 9.32 Å². The van der Waals surface area contributed by atoms with Crippen molar-refractivity contribution in [2.24, 2.45) is 0 Å². The van der Waals surface area contributed by atoms with Gasteiger partial charge in [-0.3, -0.25) is 4.90 Å². The highest BCUT2D eigenvalue weighted by molar-refractivity contribution is 6.36. The summed E-state index contributed by atoms with van der Waals surface area (Å²) in [5, 5.41) is 2.07. The quantitative estimate of drug-likeness (QED) is 0.415. The summed E-state index contributed by atoms with van der Waals surface area (Å²) in [6.45, 7) is 1.70. The molecule has 2 heterocycles. The number of piperidine rings is 1. The van der Waals surface area contributed by atoms with E-state index in [1.165, 1.54) is 5.56 Å². The second-order valence-corrected chi connectivity index (χ2v) is 8.81. The largest absolute Gasteiger partial charge is 0.468 e. The topological polar surface area (TPSA) is 19.6 Å². The maximum Gasteiger partial charge on any atom is 0.117 e. The van der Waals surface area contributed by atoms with Crippen LogP contribution in [0.25, 0.3) is 0 Å². The summed E-state index contributed by atoms with van der Waals surface area (Å²) in [7, 11) is 2.16. The molecule has 29 heavy (non-hydrogen) atoms. The van der Waals surface area contributed by atoms with Crippen LogP contribution < -0.4 is 4.90 Å². The summed E-state index contributed by atoms with van der Waals surface area (Å²) >= 11 is 18.8. The third-order valence-corrected chi connectivity index (χ3v) is 6.45. The number of halogens is 3. The molecule has 3 nitrogen and oxygen atoms in total. The summed E-state index contributed by atoms with van der Waals surface area (Å²) in [5.41, 5.74) is 2.25. The van der Waals surface area contributed by atoms with Gasteiger partial charge in [0.2, 0.25) is 0 Å². The van der Waals surface area contributed by atoms with E-state index in [2.05, 4.69) is 29.0 Å². The van der Waals surface area contributed by atoms with E-state index in [0.717, 1.165) is 42.4 Å². The van der Waals surface area contributed by atoms with Crippen molar-refractivity contribution in [2.45, 2.75) is 31.5 Å². The molecule has 2 aromatic carbocycles. The van der Waals surface area contributed by atoms with E-state index in [1.54, 1.807) is 6.26 Å². The molecule has 0 spiro atoms. The molecule has 4 rings (SSSR count). The van der Waals surface area contributed by atoms with Gasteiger partial charge in [-0.25, -0.2) is 0 Å². The van der Waals surface area contributed by atoms with Gasteiger partial charge in [0, 0.05) is 22.6 Å². The van der Waals surface area contributed by atoms with Gasteiger partial charge in [-0.2, -0.15) is 0 Å². The maximum atomic E-state index is 6.56. The number of benzene rings is 2. The Morgan fingerprint density at radius 2 is 1.79 bits per heavy atom. The molecule has 0 bridgehead atoms. The average Bonchev–Trinajstić information content (AvgIpc) is 3.21. The van der Waals surface area contributed by atoms with Crippen LogP contribution in [0.5, 0.6) is 0 Å². The number of anilines is 1. The van der Waals surface area contributed by atoms with Crippen molar-refractivity contribution < 1.29 is 4.42 Å².